The normalized spacial score (nSPS) is 19.4. The predicted molar refractivity (Wildman–Crippen MR) is 76.9 cm³/mol. The van der Waals surface area contributed by atoms with E-state index in [0.29, 0.717) is 13.1 Å². The number of piperidine rings is 1. The highest BCUT2D eigenvalue weighted by molar-refractivity contribution is 5.81. The summed E-state index contributed by atoms with van der Waals surface area (Å²) in [5, 5.41) is 8.70. The summed E-state index contributed by atoms with van der Waals surface area (Å²) in [4.78, 5) is 27.1. The van der Waals surface area contributed by atoms with E-state index in [-0.39, 0.29) is 24.3 Å². The molecule has 0 radical (unpaired) electrons. The summed E-state index contributed by atoms with van der Waals surface area (Å²) < 4.78 is 0. The molecule has 20 heavy (non-hydrogen) atoms. The van der Waals surface area contributed by atoms with Gasteiger partial charge in [-0.2, -0.15) is 0 Å². The first kappa shape index (κ1) is 16.9. The summed E-state index contributed by atoms with van der Waals surface area (Å²) in [6.45, 7) is 2.64. The zero-order valence-electron chi connectivity index (χ0n) is 12.4. The van der Waals surface area contributed by atoms with Gasteiger partial charge in [-0.15, -0.1) is 0 Å². The summed E-state index contributed by atoms with van der Waals surface area (Å²) in [6.07, 6.45) is 4.40. The van der Waals surface area contributed by atoms with Gasteiger partial charge in [-0.3, -0.25) is 14.5 Å². The Balaban J connectivity index is 2.28. The predicted octanol–water partition coefficient (Wildman–Crippen LogP) is -0.195. The lowest BCUT2D eigenvalue weighted by Crippen LogP contribution is -2.47. The van der Waals surface area contributed by atoms with Gasteiger partial charge in [0.15, 0.2) is 0 Å². The third-order valence-corrected chi connectivity index (χ3v) is 3.78. The van der Waals surface area contributed by atoms with Crippen LogP contribution >= 0.6 is 0 Å². The van der Waals surface area contributed by atoms with Crippen molar-refractivity contribution in [2.24, 2.45) is 11.7 Å². The molecule has 1 atom stereocenters. The molecule has 1 aliphatic heterocycles. The molecule has 0 aromatic rings. The van der Waals surface area contributed by atoms with E-state index < -0.39 is 0 Å². The largest absolute Gasteiger partial charge is 0.396 e. The molecule has 3 N–H and O–H groups in total. The highest BCUT2D eigenvalue weighted by atomic mass is 16.3. The highest BCUT2D eigenvalue weighted by Gasteiger charge is 2.27. The summed E-state index contributed by atoms with van der Waals surface area (Å²) in [5.41, 5.74) is 5.32. The maximum absolute atomic E-state index is 12.2. The molecule has 2 amide bonds. The molecular weight excluding hydrogens is 258 g/mol. The van der Waals surface area contributed by atoms with Crippen molar-refractivity contribution in [2.45, 2.75) is 32.1 Å². The lowest BCUT2D eigenvalue weighted by Gasteiger charge is -2.32. The van der Waals surface area contributed by atoms with Crippen LogP contribution in [0.2, 0.25) is 0 Å². The highest BCUT2D eigenvalue weighted by Crippen LogP contribution is 2.16. The number of nitrogens with zero attached hydrogens (tertiary/aromatic N) is 2. The molecule has 0 saturated carbocycles. The fourth-order valence-electron chi connectivity index (χ4n) is 2.52. The number of hydrogen-bond acceptors (Lipinski definition) is 4. The van der Waals surface area contributed by atoms with Crippen molar-refractivity contribution in [1.29, 1.82) is 0 Å². The minimum atomic E-state index is -0.306. The molecule has 0 aliphatic carbocycles. The van der Waals surface area contributed by atoms with Crippen LogP contribution in [0.1, 0.15) is 32.1 Å². The first-order valence-corrected chi connectivity index (χ1v) is 7.41. The van der Waals surface area contributed by atoms with Crippen LogP contribution in [-0.4, -0.2) is 66.6 Å². The van der Waals surface area contributed by atoms with Gasteiger partial charge >= 0.3 is 0 Å². The Morgan fingerprint density at radius 2 is 2.10 bits per heavy atom. The van der Waals surface area contributed by atoms with Crippen LogP contribution in [0.4, 0.5) is 0 Å². The minimum Gasteiger partial charge on any atom is -0.396 e. The van der Waals surface area contributed by atoms with Gasteiger partial charge in [-0.05, 0) is 45.7 Å². The lowest BCUT2D eigenvalue weighted by molar-refractivity contribution is -0.135. The van der Waals surface area contributed by atoms with Gasteiger partial charge in [0.1, 0.15) is 0 Å². The zero-order valence-corrected chi connectivity index (χ0v) is 12.4. The van der Waals surface area contributed by atoms with Crippen molar-refractivity contribution in [3.05, 3.63) is 0 Å². The van der Waals surface area contributed by atoms with E-state index in [4.69, 9.17) is 10.8 Å². The number of aliphatic hydroxyl groups is 1. The SMILES string of the molecule is CN(CCCCCO)CC(=O)N1CCCC(C(N)=O)C1. The van der Waals surface area contributed by atoms with Crippen LogP contribution in [-0.2, 0) is 9.59 Å². The second-order valence-corrected chi connectivity index (χ2v) is 5.60. The van der Waals surface area contributed by atoms with Gasteiger partial charge in [0.25, 0.3) is 0 Å². The van der Waals surface area contributed by atoms with Crippen molar-refractivity contribution in [2.75, 3.05) is 39.8 Å². The third kappa shape index (κ3) is 5.88. The van der Waals surface area contributed by atoms with Crippen LogP contribution in [0, 0.1) is 5.92 Å². The fourth-order valence-corrected chi connectivity index (χ4v) is 2.52. The molecule has 0 aromatic heterocycles. The number of nitrogens with two attached hydrogens (primary N) is 1. The number of aliphatic hydroxyl groups excluding tert-OH is 1. The average molecular weight is 285 g/mol. The number of rotatable bonds is 8. The summed E-state index contributed by atoms with van der Waals surface area (Å²) >= 11 is 0. The Bertz CT molecular complexity index is 323. The van der Waals surface area contributed by atoms with E-state index in [0.717, 1.165) is 45.2 Å². The van der Waals surface area contributed by atoms with E-state index in [1.807, 2.05) is 11.9 Å². The smallest absolute Gasteiger partial charge is 0.236 e. The molecule has 0 spiro atoms. The molecule has 1 heterocycles. The van der Waals surface area contributed by atoms with E-state index >= 15 is 0 Å². The van der Waals surface area contributed by atoms with Crippen molar-refractivity contribution < 1.29 is 14.7 Å². The molecule has 1 unspecified atom stereocenters. The van der Waals surface area contributed by atoms with Gasteiger partial charge in [-0.25, -0.2) is 0 Å². The van der Waals surface area contributed by atoms with Crippen molar-refractivity contribution in [3.63, 3.8) is 0 Å². The van der Waals surface area contributed by atoms with Crippen molar-refractivity contribution >= 4 is 11.8 Å². The fraction of sp³-hybridized carbons (Fsp3) is 0.857. The maximum atomic E-state index is 12.2. The number of primary amides is 1. The quantitative estimate of drug-likeness (QED) is 0.605. The molecule has 0 aromatic carbocycles. The number of likely N-dealkylation sites (tertiary alicyclic amines) is 1. The Morgan fingerprint density at radius 3 is 2.75 bits per heavy atom. The van der Waals surface area contributed by atoms with Crippen LogP contribution < -0.4 is 5.73 Å². The summed E-state index contributed by atoms with van der Waals surface area (Å²) in [5.74, 6) is -0.428. The molecule has 1 saturated heterocycles. The van der Waals surface area contributed by atoms with Crippen LogP contribution in [0.15, 0.2) is 0 Å². The maximum Gasteiger partial charge on any atom is 0.236 e. The van der Waals surface area contributed by atoms with Gasteiger partial charge < -0.3 is 15.7 Å². The van der Waals surface area contributed by atoms with Gasteiger partial charge in [-0.1, -0.05) is 0 Å². The van der Waals surface area contributed by atoms with E-state index in [2.05, 4.69) is 0 Å². The van der Waals surface area contributed by atoms with Gasteiger partial charge in [0, 0.05) is 19.7 Å². The second-order valence-electron chi connectivity index (χ2n) is 5.60. The lowest BCUT2D eigenvalue weighted by atomic mass is 9.97. The van der Waals surface area contributed by atoms with Crippen LogP contribution in [0.25, 0.3) is 0 Å². The molecule has 6 heteroatoms. The Morgan fingerprint density at radius 1 is 1.35 bits per heavy atom. The monoisotopic (exact) mass is 285 g/mol. The number of amides is 2. The Labute approximate surface area is 120 Å². The first-order valence-electron chi connectivity index (χ1n) is 7.41. The Hall–Kier alpha value is -1.14. The second kappa shape index (κ2) is 8.92. The number of likely N-dealkylation sites (N-methyl/N-ethyl adjacent to an activating group) is 1. The van der Waals surface area contributed by atoms with Crippen molar-refractivity contribution in [1.82, 2.24) is 9.80 Å². The average Bonchev–Trinajstić information content (AvgIpc) is 2.43. The van der Waals surface area contributed by atoms with E-state index in [1.165, 1.54) is 0 Å². The molecule has 6 nitrogen and oxygen atoms in total. The van der Waals surface area contributed by atoms with E-state index in [9.17, 15) is 9.59 Å². The van der Waals surface area contributed by atoms with Crippen LogP contribution in [0.3, 0.4) is 0 Å². The number of carbonyl (C=O) groups excluding carboxylic acids is 2. The first-order chi connectivity index (χ1) is 9.54. The number of carbonyl (C=O) groups is 2. The Kier molecular flexibility index (Phi) is 7.54. The summed E-state index contributed by atoms with van der Waals surface area (Å²) in [7, 11) is 1.92. The standard InChI is InChI=1S/C14H27N3O3/c1-16(7-3-2-4-9-18)11-13(19)17-8-5-6-12(10-17)14(15)20/h12,18H,2-11H2,1H3,(H2,15,20). The van der Waals surface area contributed by atoms with E-state index in [1.54, 1.807) is 4.90 Å². The summed E-state index contributed by atoms with van der Waals surface area (Å²) in [6, 6.07) is 0. The molecule has 0 bridgehead atoms. The third-order valence-electron chi connectivity index (χ3n) is 3.78. The van der Waals surface area contributed by atoms with Crippen LogP contribution in [0.5, 0.6) is 0 Å². The molecular formula is C14H27N3O3. The zero-order chi connectivity index (χ0) is 15.0. The van der Waals surface area contributed by atoms with Crippen molar-refractivity contribution in [3.8, 4) is 0 Å². The molecule has 1 aliphatic rings. The molecule has 116 valence electrons. The minimum absolute atomic E-state index is 0.0700. The molecule has 1 fully saturated rings. The topological polar surface area (TPSA) is 86.9 Å². The number of unbranched alkanes of at least 4 members (excludes halogenated alkanes) is 2. The van der Waals surface area contributed by atoms with Gasteiger partial charge in [0.2, 0.25) is 11.8 Å². The number of hydrogen-bond donors (Lipinski definition) is 2. The van der Waals surface area contributed by atoms with Gasteiger partial charge in [0.05, 0.1) is 12.5 Å². The molecule has 1 rings (SSSR count).